The zero-order chi connectivity index (χ0) is 14.3. The second-order valence-electron chi connectivity index (χ2n) is 4.10. The second kappa shape index (κ2) is 7.20. The van der Waals surface area contributed by atoms with E-state index < -0.39 is 18.0 Å². The highest BCUT2D eigenvalue weighted by atomic mass is 16.4. The molecule has 0 saturated carbocycles. The number of amides is 2. The summed E-state index contributed by atoms with van der Waals surface area (Å²) in [5.74, 6) is -1.04. The van der Waals surface area contributed by atoms with Crippen molar-refractivity contribution in [2.24, 2.45) is 0 Å². The minimum absolute atomic E-state index is 0.247. The van der Waals surface area contributed by atoms with E-state index in [9.17, 15) is 9.59 Å². The molecule has 0 radical (unpaired) electrons. The van der Waals surface area contributed by atoms with Crippen LogP contribution < -0.4 is 5.32 Å². The van der Waals surface area contributed by atoms with Crippen LogP contribution >= 0.6 is 0 Å². The summed E-state index contributed by atoms with van der Waals surface area (Å²) in [4.78, 5) is 24.3. The highest BCUT2D eigenvalue weighted by Crippen LogP contribution is 2.09. The van der Waals surface area contributed by atoms with Crippen LogP contribution in [0.15, 0.2) is 43.0 Å². The van der Waals surface area contributed by atoms with Gasteiger partial charge in [0.05, 0.1) is 0 Å². The van der Waals surface area contributed by atoms with Crippen molar-refractivity contribution in [1.29, 1.82) is 0 Å². The molecule has 102 valence electrons. The molecule has 5 heteroatoms. The average Bonchev–Trinajstić information content (AvgIpc) is 2.42. The molecule has 0 bridgehead atoms. The third-order valence-corrected chi connectivity index (χ3v) is 2.68. The average molecular weight is 262 g/mol. The van der Waals surface area contributed by atoms with Gasteiger partial charge in [-0.05, 0) is 12.5 Å². The van der Waals surface area contributed by atoms with Gasteiger partial charge >= 0.3 is 12.0 Å². The number of carbonyl (C=O) groups excluding carboxylic acids is 1. The Morgan fingerprint density at radius 3 is 2.58 bits per heavy atom. The molecule has 19 heavy (non-hydrogen) atoms. The van der Waals surface area contributed by atoms with E-state index in [1.165, 1.54) is 11.8 Å². The van der Waals surface area contributed by atoms with Gasteiger partial charge in [0.25, 0.3) is 0 Å². The maximum atomic E-state index is 12.0. The van der Waals surface area contributed by atoms with Crippen molar-refractivity contribution in [3.05, 3.63) is 48.6 Å². The Bertz CT molecular complexity index is 445. The Kier molecular flexibility index (Phi) is 5.60. The fraction of sp³-hybridized carbons (Fsp3) is 0.286. The number of hydrogen-bond donors (Lipinski definition) is 2. The Morgan fingerprint density at radius 1 is 1.42 bits per heavy atom. The first-order chi connectivity index (χ1) is 9.06. The van der Waals surface area contributed by atoms with Crippen molar-refractivity contribution < 1.29 is 14.7 Å². The normalized spacial score (nSPS) is 11.4. The molecule has 0 aliphatic heterocycles. The fourth-order valence-electron chi connectivity index (χ4n) is 1.56. The Labute approximate surface area is 112 Å². The van der Waals surface area contributed by atoms with Crippen molar-refractivity contribution in [3.63, 3.8) is 0 Å². The summed E-state index contributed by atoms with van der Waals surface area (Å²) in [6.07, 6.45) is 1.55. The van der Waals surface area contributed by atoms with E-state index in [2.05, 4.69) is 11.9 Å². The molecule has 1 unspecified atom stereocenters. The minimum Gasteiger partial charge on any atom is -0.480 e. The lowest BCUT2D eigenvalue weighted by molar-refractivity contribution is -0.141. The Hall–Kier alpha value is -2.30. The van der Waals surface area contributed by atoms with Gasteiger partial charge in [0.2, 0.25) is 0 Å². The Morgan fingerprint density at radius 2 is 2.05 bits per heavy atom. The molecule has 0 fully saturated rings. The number of carbonyl (C=O) groups is 2. The number of benzene rings is 1. The van der Waals surface area contributed by atoms with Gasteiger partial charge in [0, 0.05) is 13.1 Å². The van der Waals surface area contributed by atoms with Crippen molar-refractivity contribution in [2.75, 3.05) is 6.54 Å². The predicted molar refractivity (Wildman–Crippen MR) is 72.7 cm³/mol. The van der Waals surface area contributed by atoms with Crippen molar-refractivity contribution in [2.45, 2.75) is 19.5 Å². The molecule has 1 aromatic rings. The number of urea groups is 1. The van der Waals surface area contributed by atoms with Crippen LogP contribution in [0.4, 0.5) is 4.79 Å². The van der Waals surface area contributed by atoms with Crippen LogP contribution in [0.3, 0.4) is 0 Å². The molecular weight excluding hydrogens is 244 g/mol. The first kappa shape index (κ1) is 14.8. The number of carboxylic acids is 1. The zero-order valence-corrected chi connectivity index (χ0v) is 10.9. The summed E-state index contributed by atoms with van der Waals surface area (Å²) in [7, 11) is 0. The molecule has 0 aliphatic rings. The number of nitrogens with zero attached hydrogens (tertiary/aromatic N) is 1. The molecular formula is C14H18N2O3. The molecule has 0 spiro atoms. The predicted octanol–water partition coefficient (Wildman–Crippen LogP) is 1.86. The molecule has 1 aromatic carbocycles. The van der Waals surface area contributed by atoms with Gasteiger partial charge in [-0.25, -0.2) is 9.59 Å². The smallest absolute Gasteiger partial charge is 0.326 e. The van der Waals surface area contributed by atoms with Crippen molar-refractivity contribution >= 4 is 12.0 Å². The molecule has 0 saturated heterocycles. The van der Waals surface area contributed by atoms with Gasteiger partial charge in [-0.1, -0.05) is 36.4 Å². The molecule has 5 nitrogen and oxygen atoms in total. The molecule has 1 atom stereocenters. The highest BCUT2D eigenvalue weighted by Gasteiger charge is 2.25. The topological polar surface area (TPSA) is 69.6 Å². The monoisotopic (exact) mass is 262 g/mol. The van der Waals surface area contributed by atoms with Gasteiger partial charge in [-0.2, -0.15) is 0 Å². The number of hydrogen-bond acceptors (Lipinski definition) is 2. The zero-order valence-electron chi connectivity index (χ0n) is 10.9. The van der Waals surface area contributed by atoms with E-state index in [-0.39, 0.29) is 6.54 Å². The lowest BCUT2D eigenvalue weighted by atomic mass is 10.2. The SMILES string of the molecule is C=CCNC(=O)N(Cc1ccccc1)C(C)C(=O)O. The summed E-state index contributed by atoms with van der Waals surface area (Å²) in [5, 5.41) is 11.7. The Balaban J connectivity index is 2.83. The van der Waals surface area contributed by atoms with Gasteiger partial charge in [-0.3, -0.25) is 0 Å². The van der Waals surface area contributed by atoms with E-state index in [0.717, 1.165) is 5.56 Å². The van der Waals surface area contributed by atoms with E-state index in [1.54, 1.807) is 6.08 Å². The molecule has 0 aromatic heterocycles. The van der Waals surface area contributed by atoms with Gasteiger partial charge in [0.15, 0.2) is 0 Å². The summed E-state index contributed by atoms with van der Waals surface area (Å²) in [6.45, 7) is 5.54. The van der Waals surface area contributed by atoms with Crippen LogP contribution in [0, 0.1) is 0 Å². The van der Waals surface area contributed by atoms with Crippen molar-refractivity contribution in [3.8, 4) is 0 Å². The fourth-order valence-corrected chi connectivity index (χ4v) is 1.56. The van der Waals surface area contributed by atoms with Crippen molar-refractivity contribution in [1.82, 2.24) is 10.2 Å². The molecule has 2 amide bonds. The minimum atomic E-state index is -1.04. The third-order valence-electron chi connectivity index (χ3n) is 2.68. The number of carboxylic acid groups (broad SMARTS) is 1. The maximum Gasteiger partial charge on any atom is 0.326 e. The molecule has 0 aliphatic carbocycles. The van der Waals surface area contributed by atoms with E-state index >= 15 is 0 Å². The summed E-state index contributed by atoms with van der Waals surface area (Å²) < 4.78 is 0. The third kappa shape index (κ3) is 4.46. The number of nitrogens with one attached hydrogen (secondary N) is 1. The van der Waals surface area contributed by atoms with Crippen LogP contribution in [-0.4, -0.2) is 34.6 Å². The highest BCUT2D eigenvalue weighted by molar-refractivity contribution is 5.82. The lowest BCUT2D eigenvalue weighted by Gasteiger charge is -2.26. The molecule has 0 heterocycles. The number of rotatable bonds is 6. The van der Waals surface area contributed by atoms with E-state index in [0.29, 0.717) is 6.54 Å². The van der Waals surface area contributed by atoms with Crippen LogP contribution in [0.5, 0.6) is 0 Å². The quantitative estimate of drug-likeness (QED) is 0.769. The van der Waals surface area contributed by atoms with Gasteiger partial charge < -0.3 is 15.3 Å². The van der Waals surface area contributed by atoms with Crippen LogP contribution in [-0.2, 0) is 11.3 Å². The standard InChI is InChI=1S/C14H18N2O3/c1-3-9-15-14(19)16(11(2)13(17)18)10-12-7-5-4-6-8-12/h3-8,11H,1,9-10H2,2H3,(H,15,19)(H,17,18). The van der Waals surface area contributed by atoms with Gasteiger partial charge in [0.1, 0.15) is 6.04 Å². The van der Waals surface area contributed by atoms with E-state index in [1.807, 2.05) is 30.3 Å². The maximum absolute atomic E-state index is 12.0. The largest absolute Gasteiger partial charge is 0.480 e. The van der Waals surface area contributed by atoms with Crippen LogP contribution in [0.25, 0.3) is 0 Å². The first-order valence-electron chi connectivity index (χ1n) is 5.98. The second-order valence-corrected chi connectivity index (χ2v) is 4.10. The molecule has 2 N–H and O–H groups in total. The number of aliphatic carboxylic acids is 1. The first-order valence-corrected chi connectivity index (χ1v) is 5.98. The summed E-state index contributed by atoms with van der Waals surface area (Å²) in [5.41, 5.74) is 0.879. The van der Waals surface area contributed by atoms with Crippen LogP contribution in [0.2, 0.25) is 0 Å². The lowest BCUT2D eigenvalue weighted by Crippen LogP contribution is -2.47. The molecule has 1 rings (SSSR count). The van der Waals surface area contributed by atoms with Gasteiger partial charge in [-0.15, -0.1) is 6.58 Å². The summed E-state index contributed by atoms with van der Waals surface area (Å²) in [6, 6.07) is 7.95. The summed E-state index contributed by atoms with van der Waals surface area (Å²) >= 11 is 0. The van der Waals surface area contributed by atoms with Crippen LogP contribution in [0.1, 0.15) is 12.5 Å². The van der Waals surface area contributed by atoms with E-state index in [4.69, 9.17) is 5.11 Å².